The number of aromatic nitrogens is 1. The number of nitrogens with zero attached hydrogens (tertiary/aromatic N) is 3. The number of rotatable bonds is 7. The second-order valence-electron chi connectivity index (χ2n) is 7.46. The van der Waals surface area contributed by atoms with E-state index in [0.717, 1.165) is 31.6 Å². The molecule has 0 bridgehead atoms. The van der Waals surface area contributed by atoms with Gasteiger partial charge in [-0.3, -0.25) is 9.88 Å². The molecule has 0 saturated carbocycles. The van der Waals surface area contributed by atoms with E-state index in [1.54, 1.807) is 16.7 Å². The van der Waals surface area contributed by atoms with Crippen LogP contribution < -0.4 is 0 Å². The average molecular weight is 368 g/mol. The highest BCUT2D eigenvalue weighted by Gasteiger charge is 2.52. The lowest BCUT2D eigenvalue weighted by atomic mass is 9.77. The van der Waals surface area contributed by atoms with Crippen molar-refractivity contribution in [2.45, 2.75) is 38.3 Å². The van der Waals surface area contributed by atoms with Crippen LogP contribution in [0.15, 0.2) is 24.5 Å². The maximum absolute atomic E-state index is 12.2. The van der Waals surface area contributed by atoms with Crippen molar-refractivity contribution in [3.8, 4) is 0 Å². The summed E-state index contributed by atoms with van der Waals surface area (Å²) in [5.41, 5.74) is 1.14. The van der Waals surface area contributed by atoms with Gasteiger partial charge in [0.15, 0.2) is 0 Å². The van der Waals surface area contributed by atoms with Gasteiger partial charge in [-0.15, -0.1) is 0 Å². The fourth-order valence-electron chi connectivity index (χ4n) is 3.94. The summed E-state index contributed by atoms with van der Waals surface area (Å²) >= 11 is 0. The Morgan fingerprint density at radius 2 is 2.04 bits per heavy atom. The summed E-state index contributed by atoms with van der Waals surface area (Å²) in [6, 6.07) is 3.94. The molecular weight excluding hydrogens is 338 g/mol. The maximum Gasteiger partial charge on any atom is 0.214 e. The van der Waals surface area contributed by atoms with E-state index in [-0.39, 0.29) is 11.3 Å². The van der Waals surface area contributed by atoms with Gasteiger partial charge in [-0.05, 0) is 56.5 Å². The van der Waals surface area contributed by atoms with Gasteiger partial charge in [-0.1, -0.05) is 6.92 Å². The van der Waals surface area contributed by atoms with Crippen LogP contribution in [0, 0.1) is 5.92 Å². The summed E-state index contributed by atoms with van der Waals surface area (Å²) < 4.78 is 32.0. The lowest BCUT2D eigenvalue weighted by Crippen LogP contribution is -2.72. The van der Waals surface area contributed by atoms with E-state index >= 15 is 0 Å². The van der Waals surface area contributed by atoms with Gasteiger partial charge in [0, 0.05) is 37.6 Å². The van der Waals surface area contributed by atoms with Crippen LogP contribution in [0.2, 0.25) is 0 Å². The van der Waals surface area contributed by atoms with E-state index in [9.17, 15) is 8.42 Å². The standard InChI is InChI=1S/C18H29N3O3S/c1-3-10-25(22,23)21-14-18(15-21)11-17(6-9-20(18)2)13-24-12-16-4-7-19-8-5-16/h4-5,7-8,17H,3,6,9-15H2,1-2H3/t17-/m0/s1. The zero-order valence-electron chi connectivity index (χ0n) is 15.2. The van der Waals surface area contributed by atoms with Crippen molar-refractivity contribution < 1.29 is 13.2 Å². The van der Waals surface area contributed by atoms with Gasteiger partial charge in [0.05, 0.1) is 12.4 Å². The molecule has 140 valence electrons. The number of likely N-dealkylation sites (N-methyl/N-ethyl adjacent to an activating group) is 1. The second-order valence-corrected chi connectivity index (χ2v) is 9.55. The zero-order valence-corrected chi connectivity index (χ0v) is 16.0. The van der Waals surface area contributed by atoms with Gasteiger partial charge in [0.2, 0.25) is 10.0 Å². The minimum absolute atomic E-state index is 0.00373. The first-order valence-corrected chi connectivity index (χ1v) is 10.7. The van der Waals surface area contributed by atoms with E-state index in [1.165, 1.54) is 0 Å². The van der Waals surface area contributed by atoms with Crippen molar-refractivity contribution in [1.82, 2.24) is 14.2 Å². The Balaban J connectivity index is 1.51. The third-order valence-electron chi connectivity index (χ3n) is 5.52. The van der Waals surface area contributed by atoms with E-state index in [1.807, 2.05) is 19.1 Å². The fraction of sp³-hybridized carbons (Fsp3) is 0.722. The molecule has 0 N–H and O–H groups in total. The highest BCUT2D eigenvalue weighted by atomic mass is 32.2. The van der Waals surface area contributed by atoms with E-state index in [0.29, 0.717) is 32.0 Å². The summed E-state index contributed by atoms with van der Waals surface area (Å²) in [6.45, 7) is 5.53. The molecule has 1 spiro atoms. The Morgan fingerprint density at radius 3 is 2.72 bits per heavy atom. The first-order valence-electron chi connectivity index (χ1n) is 9.11. The molecule has 2 aliphatic rings. The summed E-state index contributed by atoms with van der Waals surface area (Å²) in [7, 11) is -0.951. The average Bonchev–Trinajstić information content (AvgIpc) is 2.55. The summed E-state index contributed by atoms with van der Waals surface area (Å²) in [5.74, 6) is 0.750. The molecule has 3 heterocycles. The lowest BCUT2D eigenvalue weighted by Gasteiger charge is -2.57. The molecule has 1 aromatic rings. The largest absolute Gasteiger partial charge is 0.376 e. The molecule has 25 heavy (non-hydrogen) atoms. The monoisotopic (exact) mass is 367 g/mol. The number of likely N-dealkylation sites (tertiary alicyclic amines) is 1. The second kappa shape index (κ2) is 7.70. The highest BCUT2D eigenvalue weighted by Crippen LogP contribution is 2.39. The highest BCUT2D eigenvalue weighted by molar-refractivity contribution is 7.89. The van der Waals surface area contributed by atoms with Crippen molar-refractivity contribution in [2.24, 2.45) is 5.92 Å². The Morgan fingerprint density at radius 1 is 1.32 bits per heavy atom. The third-order valence-corrected chi connectivity index (χ3v) is 7.49. The van der Waals surface area contributed by atoms with Crippen molar-refractivity contribution in [3.63, 3.8) is 0 Å². The van der Waals surface area contributed by atoms with E-state index in [4.69, 9.17) is 4.74 Å². The number of ether oxygens (including phenoxy) is 1. The Labute approximate surface area is 151 Å². The van der Waals surface area contributed by atoms with Crippen molar-refractivity contribution in [2.75, 3.05) is 39.0 Å². The number of hydrogen-bond acceptors (Lipinski definition) is 5. The first kappa shape index (κ1) is 18.8. The Hall–Kier alpha value is -1.02. The van der Waals surface area contributed by atoms with Crippen molar-refractivity contribution in [3.05, 3.63) is 30.1 Å². The molecule has 6 nitrogen and oxygen atoms in total. The molecule has 0 amide bonds. The van der Waals surface area contributed by atoms with Gasteiger partial charge in [-0.2, -0.15) is 4.31 Å². The van der Waals surface area contributed by atoms with Crippen LogP contribution in [0.1, 0.15) is 31.7 Å². The molecule has 0 unspecified atom stereocenters. The van der Waals surface area contributed by atoms with Gasteiger partial charge >= 0.3 is 0 Å². The van der Waals surface area contributed by atoms with Gasteiger partial charge in [-0.25, -0.2) is 8.42 Å². The summed E-state index contributed by atoms with van der Waals surface area (Å²) in [6.07, 6.45) is 6.35. The van der Waals surface area contributed by atoms with Crippen LogP contribution in [0.3, 0.4) is 0 Å². The number of pyridine rings is 1. The maximum atomic E-state index is 12.2. The molecule has 0 aliphatic carbocycles. The number of hydrogen-bond donors (Lipinski definition) is 0. The van der Waals surface area contributed by atoms with E-state index < -0.39 is 10.0 Å². The zero-order chi connectivity index (χ0) is 17.9. The molecule has 1 atom stereocenters. The van der Waals surface area contributed by atoms with Gasteiger partial charge in [0.25, 0.3) is 0 Å². The van der Waals surface area contributed by atoms with Crippen molar-refractivity contribution >= 4 is 10.0 Å². The molecule has 2 aliphatic heterocycles. The predicted molar refractivity (Wildman–Crippen MR) is 97.6 cm³/mol. The Kier molecular flexibility index (Phi) is 5.78. The number of sulfonamides is 1. The summed E-state index contributed by atoms with van der Waals surface area (Å²) in [4.78, 5) is 6.37. The van der Waals surface area contributed by atoms with Gasteiger partial charge in [0.1, 0.15) is 0 Å². The van der Waals surface area contributed by atoms with Crippen LogP contribution in [0.4, 0.5) is 0 Å². The molecular formula is C18H29N3O3S. The number of piperidine rings is 1. The normalized spacial score (nSPS) is 24.3. The predicted octanol–water partition coefficient (Wildman–Crippen LogP) is 1.73. The quantitative estimate of drug-likeness (QED) is 0.734. The smallest absolute Gasteiger partial charge is 0.214 e. The van der Waals surface area contributed by atoms with Crippen LogP contribution in [0.5, 0.6) is 0 Å². The topological polar surface area (TPSA) is 62.7 Å². The molecule has 0 aromatic carbocycles. The molecule has 2 saturated heterocycles. The first-order chi connectivity index (χ1) is 12.0. The molecule has 2 fully saturated rings. The fourth-order valence-corrected chi connectivity index (χ4v) is 5.59. The molecule has 3 rings (SSSR count). The van der Waals surface area contributed by atoms with Crippen LogP contribution >= 0.6 is 0 Å². The van der Waals surface area contributed by atoms with Crippen LogP contribution in [-0.2, 0) is 21.4 Å². The third kappa shape index (κ3) is 4.22. The lowest BCUT2D eigenvalue weighted by molar-refractivity contribution is -0.0600. The minimum Gasteiger partial charge on any atom is -0.376 e. The van der Waals surface area contributed by atoms with Crippen LogP contribution in [-0.4, -0.2) is 67.2 Å². The molecule has 7 heteroatoms. The Bertz CT molecular complexity index is 659. The molecule has 0 radical (unpaired) electrons. The molecule has 1 aromatic heterocycles. The van der Waals surface area contributed by atoms with E-state index in [2.05, 4.69) is 16.9 Å². The van der Waals surface area contributed by atoms with Gasteiger partial charge < -0.3 is 4.74 Å². The SMILES string of the molecule is CCCS(=O)(=O)N1CC2(C[C@@H](COCc3ccncc3)CCN2C)C1. The van der Waals surface area contributed by atoms with Crippen molar-refractivity contribution in [1.29, 1.82) is 0 Å². The van der Waals surface area contributed by atoms with Crippen LogP contribution in [0.25, 0.3) is 0 Å². The summed E-state index contributed by atoms with van der Waals surface area (Å²) in [5, 5.41) is 0. The minimum atomic E-state index is -3.07.